The molecule has 2 amide bonds. The third-order valence-corrected chi connectivity index (χ3v) is 23.5. The number of nitrogens with zero attached hydrogens (tertiary/aromatic N) is 1. The van der Waals surface area contributed by atoms with Gasteiger partial charge in [0.15, 0.2) is 0 Å². The number of amides is 2. The van der Waals surface area contributed by atoms with Crippen molar-refractivity contribution in [3.8, 4) is 0 Å². The van der Waals surface area contributed by atoms with Gasteiger partial charge in [-0.05, 0) is 13.0 Å². The van der Waals surface area contributed by atoms with E-state index in [0.717, 1.165) is 42.7 Å². The molecule has 1 aliphatic heterocycles. The Bertz CT molecular complexity index is 422. The van der Waals surface area contributed by atoms with E-state index in [1.54, 1.807) is 0 Å². The predicted octanol–water partition coefficient (Wildman–Crippen LogP) is 4.32. The van der Waals surface area contributed by atoms with Crippen LogP contribution in [-0.4, -0.2) is 44.2 Å². The highest BCUT2D eigenvalue weighted by atomic mass is 28.4. The summed E-state index contributed by atoms with van der Waals surface area (Å²) in [5, 5.41) is 0. The molecule has 0 aliphatic carbocycles. The zero-order valence-corrected chi connectivity index (χ0v) is 19.4. The van der Waals surface area contributed by atoms with Gasteiger partial charge >= 0.3 is 0 Å². The molecule has 2 N–H and O–H groups in total. The van der Waals surface area contributed by atoms with Crippen LogP contribution < -0.4 is 5.73 Å². The number of rotatable bonds is 11. The molecule has 0 bridgehead atoms. The molecule has 0 aromatic heterocycles. The first-order valence-corrected chi connectivity index (χ1v) is 15.7. The molecule has 0 radical (unpaired) electrons. The number of likely N-dealkylation sites (tertiary alicyclic amines) is 1. The van der Waals surface area contributed by atoms with Gasteiger partial charge in [0.1, 0.15) is 0 Å². The lowest BCUT2D eigenvalue weighted by Gasteiger charge is -2.62. The van der Waals surface area contributed by atoms with Gasteiger partial charge in [0.25, 0.3) is 0 Å². The Hall–Kier alpha value is -0.466. The van der Waals surface area contributed by atoms with E-state index < -0.39 is 16.1 Å². The molecule has 1 saturated heterocycles. The molecule has 0 saturated carbocycles. The van der Waals surface area contributed by atoms with Crippen molar-refractivity contribution in [3.05, 3.63) is 0 Å². The number of carbonyl (C=O) groups is 2. The predicted molar refractivity (Wildman–Crippen MR) is 112 cm³/mol. The molecule has 6 heteroatoms. The van der Waals surface area contributed by atoms with Crippen LogP contribution in [0.3, 0.4) is 0 Å². The third-order valence-electron chi connectivity index (χ3n) is 7.75. The van der Waals surface area contributed by atoms with Crippen LogP contribution in [0.15, 0.2) is 0 Å². The molecule has 0 aromatic carbocycles. The maximum Gasteiger partial charge on any atom is 0.229 e. The van der Waals surface area contributed by atoms with Crippen molar-refractivity contribution >= 4 is 28.0 Å². The molecule has 1 fully saturated rings. The normalized spacial score (nSPS) is 16.8. The molecular formula is C19H40N2O2Si2. The van der Waals surface area contributed by atoms with E-state index in [1.807, 2.05) is 4.90 Å². The SMILES string of the molecule is CC[Si](CC)(CC)C(CCN)(N1C(=O)CCC1=O)[Si](CC)(CC)CC. The lowest BCUT2D eigenvalue weighted by atomic mass is 10.3. The summed E-state index contributed by atoms with van der Waals surface area (Å²) >= 11 is 0. The Morgan fingerprint density at radius 1 is 0.800 bits per heavy atom. The van der Waals surface area contributed by atoms with Crippen molar-refractivity contribution in [1.29, 1.82) is 0 Å². The topological polar surface area (TPSA) is 63.4 Å². The fourth-order valence-electron chi connectivity index (χ4n) is 6.14. The number of hydrogen-bond acceptors (Lipinski definition) is 3. The maximum atomic E-state index is 13.0. The minimum atomic E-state index is -1.90. The summed E-state index contributed by atoms with van der Waals surface area (Å²) in [4.78, 5) is 27.6. The first-order valence-electron chi connectivity index (χ1n) is 10.4. The second kappa shape index (κ2) is 8.95. The summed E-state index contributed by atoms with van der Waals surface area (Å²) in [6.45, 7) is 14.4. The Balaban J connectivity index is 3.90. The van der Waals surface area contributed by atoms with Crippen molar-refractivity contribution < 1.29 is 9.59 Å². The standard InChI is InChI=1S/C19H40N2O2Si2/c1-7-24(8-2,9-3)19(15-16-20,25(10-4,11-5)12-6)21-17(22)13-14-18(21)23/h7-16,20H2,1-6H3. The van der Waals surface area contributed by atoms with Crippen LogP contribution in [0, 0.1) is 0 Å². The summed E-state index contributed by atoms with van der Waals surface area (Å²) in [6, 6.07) is 6.78. The average molecular weight is 385 g/mol. The number of carbonyl (C=O) groups excluding carboxylic acids is 2. The third kappa shape index (κ3) is 3.19. The molecule has 0 unspecified atom stereocenters. The van der Waals surface area contributed by atoms with Crippen LogP contribution in [0.2, 0.25) is 36.3 Å². The maximum absolute atomic E-state index is 13.0. The van der Waals surface area contributed by atoms with Gasteiger partial charge in [-0.25, -0.2) is 0 Å². The first kappa shape index (κ1) is 22.6. The second-order valence-corrected chi connectivity index (χ2v) is 19.2. The fourth-order valence-corrected chi connectivity index (χ4v) is 23.1. The van der Waals surface area contributed by atoms with Crippen molar-refractivity contribution in [1.82, 2.24) is 4.90 Å². The Labute approximate surface area is 156 Å². The fraction of sp³-hybridized carbons (Fsp3) is 0.895. The van der Waals surface area contributed by atoms with E-state index in [2.05, 4.69) is 41.5 Å². The molecule has 25 heavy (non-hydrogen) atoms. The van der Waals surface area contributed by atoms with E-state index >= 15 is 0 Å². The first-order chi connectivity index (χ1) is 11.9. The van der Waals surface area contributed by atoms with Gasteiger partial charge in [0.05, 0.1) is 16.1 Å². The van der Waals surface area contributed by atoms with E-state index in [1.165, 1.54) is 0 Å². The smallest absolute Gasteiger partial charge is 0.229 e. The summed E-state index contributed by atoms with van der Waals surface area (Å²) in [5.74, 6) is 0.163. The van der Waals surface area contributed by atoms with Gasteiger partial charge < -0.3 is 5.73 Å². The van der Waals surface area contributed by atoms with Crippen LogP contribution >= 0.6 is 0 Å². The van der Waals surface area contributed by atoms with Gasteiger partial charge in [-0.15, -0.1) is 0 Å². The largest absolute Gasteiger partial charge is 0.330 e. The molecule has 1 aliphatic rings. The van der Waals surface area contributed by atoms with E-state index in [-0.39, 0.29) is 16.6 Å². The lowest BCUT2D eigenvalue weighted by molar-refractivity contribution is -0.141. The molecule has 1 rings (SSSR count). The van der Waals surface area contributed by atoms with Crippen LogP contribution in [-0.2, 0) is 9.59 Å². The highest BCUT2D eigenvalue weighted by molar-refractivity contribution is 7.02. The number of imide groups is 1. The van der Waals surface area contributed by atoms with Crippen molar-refractivity contribution in [2.45, 2.75) is 102 Å². The van der Waals surface area contributed by atoms with Crippen LogP contribution in [0.4, 0.5) is 0 Å². The minimum Gasteiger partial charge on any atom is -0.330 e. The van der Waals surface area contributed by atoms with Gasteiger partial charge in [-0.2, -0.15) is 0 Å². The van der Waals surface area contributed by atoms with Gasteiger partial charge in [0, 0.05) is 17.6 Å². The summed E-state index contributed by atoms with van der Waals surface area (Å²) in [6.07, 6.45) is 1.62. The van der Waals surface area contributed by atoms with Gasteiger partial charge in [-0.1, -0.05) is 77.8 Å². The summed E-state index contributed by atoms with van der Waals surface area (Å²) < 4.78 is 0. The minimum absolute atomic E-state index is 0.0814. The Kier molecular flexibility index (Phi) is 8.08. The van der Waals surface area contributed by atoms with Gasteiger partial charge in [0.2, 0.25) is 11.8 Å². The average Bonchev–Trinajstić information content (AvgIpc) is 2.97. The lowest BCUT2D eigenvalue weighted by Crippen LogP contribution is -2.80. The highest BCUT2D eigenvalue weighted by Gasteiger charge is 2.66. The molecule has 4 nitrogen and oxygen atoms in total. The Morgan fingerprint density at radius 3 is 1.36 bits per heavy atom. The van der Waals surface area contributed by atoms with Gasteiger partial charge in [-0.3, -0.25) is 14.5 Å². The van der Waals surface area contributed by atoms with Crippen LogP contribution in [0.5, 0.6) is 0 Å². The summed E-state index contributed by atoms with van der Waals surface area (Å²) in [5.41, 5.74) is 6.19. The molecule has 146 valence electrons. The summed E-state index contributed by atoms with van der Waals surface area (Å²) in [7, 11) is -3.80. The van der Waals surface area contributed by atoms with Crippen molar-refractivity contribution in [3.63, 3.8) is 0 Å². The zero-order chi connectivity index (χ0) is 19.3. The molecular weight excluding hydrogens is 344 g/mol. The van der Waals surface area contributed by atoms with E-state index in [4.69, 9.17) is 5.73 Å². The zero-order valence-electron chi connectivity index (χ0n) is 17.4. The Morgan fingerprint density at radius 2 is 1.12 bits per heavy atom. The monoisotopic (exact) mass is 384 g/mol. The molecule has 0 spiro atoms. The van der Waals surface area contributed by atoms with E-state index in [0.29, 0.717) is 19.4 Å². The molecule has 0 atom stereocenters. The molecule has 1 heterocycles. The van der Waals surface area contributed by atoms with Crippen molar-refractivity contribution in [2.24, 2.45) is 5.73 Å². The molecule has 0 aromatic rings. The second-order valence-electron chi connectivity index (χ2n) is 7.70. The quantitative estimate of drug-likeness (QED) is 0.426. The number of nitrogens with two attached hydrogens (primary N) is 1. The highest BCUT2D eigenvalue weighted by Crippen LogP contribution is 2.51. The van der Waals surface area contributed by atoms with Crippen LogP contribution in [0.1, 0.15) is 60.8 Å². The van der Waals surface area contributed by atoms with Crippen LogP contribution in [0.25, 0.3) is 0 Å². The van der Waals surface area contributed by atoms with Crippen molar-refractivity contribution in [2.75, 3.05) is 6.54 Å². The van der Waals surface area contributed by atoms with E-state index in [9.17, 15) is 9.59 Å². The number of hydrogen-bond donors (Lipinski definition) is 1.